The summed E-state index contributed by atoms with van der Waals surface area (Å²) < 4.78 is 19.1. The molecular weight excluding hydrogens is 538 g/mol. The van der Waals surface area contributed by atoms with Crippen molar-refractivity contribution in [3.8, 4) is 11.5 Å². The number of fused-ring (bicyclic) bond motifs is 1. The Morgan fingerprint density at radius 1 is 1.12 bits per heavy atom. The fourth-order valence-electron chi connectivity index (χ4n) is 5.55. The third-order valence-corrected chi connectivity index (χ3v) is 8.33. The van der Waals surface area contributed by atoms with Crippen molar-refractivity contribution < 1.29 is 19.0 Å². The average molecular weight is 576 g/mol. The molecule has 41 heavy (non-hydrogen) atoms. The van der Waals surface area contributed by atoms with Crippen LogP contribution in [0.25, 0.3) is 6.08 Å². The summed E-state index contributed by atoms with van der Waals surface area (Å²) in [6.07, 6.45) is 4.30. The van der Waals surface area contributed by atoms with E-state index in [1.807, 2.05) is 38.1 Å². The number of methoxy groups -OCH3 is 1. The summed E-state index contributed by atoms with van der Waals surface area (Å²) in [5, 5.41) is 0. The molecule has 9 heteroatoms. The lowest BCUT2D eigenvalue weighted by Gasteiger charge is -2.25. The highest BCUT2D eigenvalue weighted by molar-refractivity contribution is 7.07. The third-order valence-electron chi connectivity index (χ3n) is 7.35. The van der Waals surface area contributed by atoms with Crippen LogP contribution in [-0.2, 0) is 9.53 Å². The van der Waals surface area contributed by atoms with Crippen molar-refractivity contribution in [2.24, 2.45) is 4.99 Å². The zero-order chi connectivity index (χ0) is 29.3. The van der Waals surface area contributed by atoms with Gasteiger partial charge in [0.15, 0.2) is 16.3 Å². The summed E-state index contributed by atoms with van der Waals surface area (Å²) in [5.41, 5.74) is 4.72. The largest absolute Gasteiger partial charge is 0.493 e. The summed E-state index contributed by atoms with van der Waals surface area (Å²) in [4.78, 5) is 34.9. The molecule has 0 aliphatic carbocycles. The molecule has 3 aromatic rings. The molecular formula is C32H37N3O5S. The van der Waals surface area contributed by atoms with Gasteiger partial charge in [0.25, 0.3) is 5.56 Å². The Balaban J connectivity index is 1.64. The molecule has 2 aliphatic rings. The summed E-state index contributed by atoms with van der Waals surface area (Å²) in [6.45, 7) is 11.9. The normalized spacial score (nSPS) is 17.1. The quantitative estimate of drug-likeness (QED) is 0.368. The first-order valence-electron chi connectivity index (χ1n) is 14.1. The molecule has 1 saturated heterocycles. The van der Waals surface area contributed by atoms with Crippen LogP contribution in [0, 0.1) is 6.92 Å². The molecule has 1 fully saturated rings. The number of benzene rings is 2. The molecule has 1 aromatic heterocycles. The van der Waals surface area contributed by atoms with Gasteiger partial charge in [-0.1, -0.05) is 23.5 Å². The second-order valence-electron chi connectivity index (χ2n) is 10.6. The van der Waals surface area contributed by atoms with Gasteiger partial charge in [-0.15, -0.1) is 0 Å². The van der Waals surface area contributed by atoms with Gasteiger partial charge in [-0.2, -0.15) is 0 Å². The van der Waals surface area contributed by atoms with Gasteiger partial charge < -0.3 is 19.1 Å². The number of allylic oxidation sites excluding steroid dienone is 1. The molecule has 5 rings (SSSR count). The molecule has 0 bridgehead atoms. The second kappa shape index (κ2) is 11.9. The number of rotatable bonds is 8. The summed E-state index contributed by atoms with van der Waals surface area (Å²) in [6, 6.07) is 11.1. The van der Waals surface area contributed by atoms with Crippen molar-refractivity contribution in [2.75, 3.05) is 31.7 Å². The average Bonchev–Trinajstić information content (AvgIpc) is 3.56. The summed E-state index contributed by atoms with van der Waals surface area (Å²) in [7, 11) is 1.57. The summed E-state index contributed by atoms with van der Waals surface area (Å²) >= 11 is 1.32. The first-order chi connectivity index (χ1) is 19.7. The number of hydrogen-bond acceptors (Lipinski definition) is 8. The Morgan fingerprint density at radius 2 is 1.88 bits per heavy atom. The smallest absolute Gasteiger partial charge is 0.338 e. The van der Waals surface area contributed by atoms with E-state index in [2.05, 4.69) is 30.0 Å². The van der Waals surface area contributed by atoms with Crippen molar-refractivity contribution in [1.29, 1.82) is 0 Å². The Bertz CT molecular complexity index is 1680. The highest BCUT2D eigenvalue weighted by atomic mass is 32.1. The van der Waals surface area contributed by atoms with Gasteiger partial charge in [0, 0.05) is 18.8 Å². The van der Waals surface area contributed by atoms with E-state index in [4.69, 9.17) is 19.2 Å². The molecule has 8 nitrogen and oxygen atoms in total. The van der Waals surface area contributed by atoms with Gasteiger partial charge in [0.05, 0.1) is 41.7 Å². The Morgan fingerprint density at radius 3 is 2.54 bits per heavy atom. The molecule has 0 N–H and O–H groups in total. The molecule has 0 saturated carbocycles. The van der Waals surface area contributed by atoms with Gasteiger partial charge in [0.1, 0.15) is 0 Å². The van der Waals surface area contributed by atoms with Crippen molar-refractivity contribution in [1.82, 2.24) is 4.57 Å². The van der Waals surface area contributed by atoms with Crippen LogP contribution >= 0.6 is 11.3 Å². The highest BCUT2D eigenvalue weighted by Crippen LogP contribution is 2.36. The van der Waals surface area contributed by atoms with Crippen LogP contribution in [0.15, 0.2) is 57.5 Å². The van der Waals surface area contributed by atoms with Crippen LogP contribution in [0.1, 0.15) is 63.3 Å². The number of aromatic nitrogens is 1. The minimum Gasteiger partial charge on any atom is -0.493 e. The van der Waals surface area contributed by atoms with Gasteiger partial charge in [-0.05, 0) is 94.5 Å². The van der Waals surface area contributed by atoms with E-state index < -0.39 is 12.0 Å². The van der Waals surface area contributed by atoms with E-state index in [0.29, 0.717) is 37.7 Å². The Kier molecular flexibility index (Phi) is 8.35. The van der Waals surface area contributed by atoms with Crippen molar-refractivity contribution in [2.45, 2.75) is 59.6 Å². The number of thiazole rings is 1. The lowest BCUT2D eigenvalue weighted by molar-refractivity contribution is -0.139. The maximum Gasteiger partial charge on any atom is 0.338 e. The molecule has 0 amide bonds. The molecule has 1 unspecified atom stereocenters. The van der Waals surface area contributed by atoms with Crippen molar-refractivity contribution >= 4 is 29.1 Å². The predicted octanol–water partition coefficient (Wildman–Crippen LogP) is 4.50. The molecule has 3 heterocycles. The van der Waals surface area contributed by atoms with E-state index >= 15 is 0 Å². The monoisotopic (exact) mass is 575 g/mol. The lowest BCUT2D eigenvalue weighted by Crippen LogP contribution is -2.40. The number of anilines is 1. The minimum absolute atomic E-state index is 0.0438. The predicted molar refractivity (Wildman–Crippen MR) is 162 cm³/mol. The lowest BCUT2D eigenvalue weighted by atomic mass is 9.95. The molecule has 2 aliphatic heterocycles. The van der Waals surface area contributed by atoms with E-state index in [1.54, 1.807) is 25.5 Å². The van der Waals surface area contributed by atoms with Crippen LogP contribution < -0.4 is 29.3 Å². The number of aryl methyl sites for hydroxylation is 1. The van der Waals surface area contributed by atoms with E-state index in [1.165, 1.54) is 35.4 Å². The molecule has 2 aromatic carbocycles. The number of carbonyl (C=O) groups excluding carboxylic acids is 1. The van der Waals surface area contributed by atoms with Crippen LogP contribution in [0.5, 0.6) is 11.5 Å². The highest BCUT2D eigenvalue weighted by Gasteiger charge is 2.34. The van der Waals surface area contributed by atoms with Gasteiger partial charge in [0.2, 0.25) is 0 Å². The molecule has 1 atom stereocenters. The van der Waals surface area contributed by atoms with Crippen molar-refractivity contribution in [3.05, 3.63) is 84.0 Å². The van der Waals surface area contributed by atoms with Crippen LogP contribution in [-0.4, -0.2) is 43.4 Å². The van der Waals surface area contributed by atoms with Gasteiger partial charge in [-0.3, -0.25) is 9.36 Å². The Hall–Kier alpha value is -3.85. The van der Waals surface area contributed by atoms with E-state index in [0.717, 1.165) is 18.7 Å². The topological polar surface area (TPSA) is 82.4 Å². The standard InChI is InChI=1S/C32H37N3O5S/c1-7-39-31(37)28-21(5)33-32-35(29(28)23-11-13-25(40-19(2)3)26(18-23)38-6)30(36)27(41-32)17-22-10-12-24(20(4)16-22)34-14-8-9-15-34/h10-13,16-19,29H,7-9,14-15H2,1-6H3. The molecule has 0 radical (unpaired) electrons. The SMILES string of the molecule is CCOC(=O)C1=C(C)N=c2sc(=Cc3ccc(N4CCCC4)c(C)c3)c(=O)n2C1c1ccc(OC(C)C)c(OC)c1. The fourth-order valence-corrected chi connectivity index (χ4v) is 6.59. The Labute approximate surface area is 244 Å². The number of hydrogen-bond donors (Lipinski definition) is 0. The number of ether oxygens (including phenoxy) is 3. The first kappa shape index (κ1) is 28.7. The van der Waals surface area contributed by atoms with Gasteiger partial charge >= 0.3 is 5.97 Å². The van der Waals surface area contributed by atoms with Crippen LogP contribution in [0.4, 0.5) is 5.69 Å². The first-order valence-corrected chi connectivity index (χ1v) is 14.9. The van der Waals surface area contributed by atoms with E-state index in [-0.39, 0.29) is 18.3 Å². The zero-order valence-corrected chi connectivity index (χ0v) is 25.3. The summed E-state index contributed by atoms with van der Waals surface area (Å²) in [5.74, 6) is 0.608. The molecule has 216 valence electrons. The van der Waals surface area contributed by atoms with Gasteiger partial charge in [-0.25, -0.2) is 9.79 Å². The third kappa shape index (κ3) is 5.68. The van der Waals surface area contributed by atoms with E-state index in [9.17, 15) is 9.59 Å². The van der Waals surface area contributed by atoms with Crippen LogP contribution in [0.2, 0.25) is 0 Å². The fraction of sp³-hybridized carbons (Fsp3) is 0.406. The van der Waals surface area contributed by atoms with Crippen molar-refractivity contribution in [3.63, 3.8) is 0 Å². The number of esters is 1. The number of nitrogens with zero attached hydrogens (tertiary/aromatic N) is 3. The maximum atomic E-state index is 14.0. The number of carbonyl (C=O) groups is 1. The molecule has 0 spiro atoms. The zero-order valence-electron chi connectivity index (χ0n) is 24.5. The minimum atomic E-state index is -0.728. The second-order valence-corrected chi connectivity index (χ2v) is 11.6. The van der Waals surface area contributed by atoms with Crippen LogP contribution in [0.3, 0.4) is 0 Å². The maximum absolute atomic E-state index is 14.0.